The molecule has 4 rings (SSSR count). The van der Waals surface area contributed by atoms with Gasteiger partial charge in [-0.1, -0.05) is 36.8 Å². The molecule has 0 amide bonds. The van der Waals surface area contributed by atoms with Crippen LogP contribution in [-0.4, -0.2) is 30.2 Å². The van der Waals surface area contributed by atoms with E-state index in [0.29, 0.717) is 5.69 Å². The van der Waals surface area contributed by atoms with Gasteiger partial charge in [-0.2, -0.15) is 0 Å². The number of aliphatic carboxylic acids is 1. The van der Waals surface area contributed by atoms with Gasteiger partial charge < -0.3 is 5.11 Å². The van der Waals surface area contributed by atoms with Crippen molar-refractivity contribution in [3.05, 3.63) is 85.2 Å². The maximum absolute atomic E-state index is 13.5. The van der Waals surface area contributed by atoms with Crippen LogP contribution in [0.1, 0.15) is 36.9 Å². The van der Waals surface area contributed by atoms with Crippen molar-refractivity contribution in [1.29, 1.82) is 0 Å². The van der Waals surface area contributed by atoms with E-state index in [1.54, 1.807) is 17.4 Å². The first kappa shape index (κ1) is 24.3. The zero-order chi connectivity index (χ0) is 25.3. The Kier molecular flexibility index (Phi) is 6.58. The number of benzene rings is 2. The van der Waals surface area contributed by atoms with Crippen molar-refractivity contribution in [3.8, 4) is 0 Å². The lowest BCUT2D eigenvalue weighted by Gasteiger charge is -2.20. The van der Waals surface area contributed by atoms with Crippen molar-refractivity contribution in [2.75, 3.05) is 0 Å². The van der Waals surface area contributed by atoms with Gasteiger partial charge in [0.05, 0.1) is 32.9 Å². The minimum absolute atomic E-state index is 0.0875. The molecule has 2 aromatic carbocycles. The van der Waals surface area contributed by atoms with Gasteiger partial charge in [0.1, 0.15) is 0 Å². The first-order chi connectivity index (χ1) is 16.6. The zero-order valence-electron chi connectivity index (χ0n) is 20.0. The summed E-state index contributed by atoms with van der Waals surface area (Å²) in [6.07, 6.45) is 0.834. The molecule has 0 aliphatic rings. The molecule has 0 saturated carbocycles. The zero-order valence-corrected chi connectivity index (χ0v) is 20.8. The SMILES string of the molecule is CCc1nc2ccc(/N=c3\[nH]c(=O)n(CC(C)(C)C(=O)O)c(=O)n3Cc3ccc(C)cc3)cc2s1. The third-order valence-electron chi connectivity index (χ3n) is 5.73. The smallest absolute Gasteiger partial charge is 0.335 e. The number of H-pyrrole nitrogens is 1. The molecule has 0 fully saturated rings. The van der Waals surface area contributed by atoms with Crippen LogP contribution in [0.5, 0.6) is 0 Å². The lowest BCUT2D eigenvalue weighted by atomic mass is 9.94. The standard InChI is InChI=1S/C25H27N5O4S/c1-5-20-27-18-11-10-17(12-19(18)35-20)26-22-28-23(33)30(14-25(3,4)21(31)32)24(34)29(22)13-16-8-6-15(2)7-9-16/h6-12H,5,13-14H2,1-4H3,(H,31,32)(H,26,28,33). The maximum atomic E-state index is 13.5. The second-order valence-corrected chi connectivity index (χ2v) is 10.2. The van der Waals surface area contributed by atoms with Crippen molar-refractivity contribution in [2.24, 2.45) is 10.4 Å². The number of carboxylic acid groups (broad SMARTS) is 1. The number of hydrogen-bond donors (Lipinski definition) is 2. The summed E-state index contributed by atoms with van der Waals surface area (Å²) in [5.74, 6) is -1.10. The van der Waals surface area contributed by atoms with E-state index in [9.17, 15) is 19.5 Å². The summed E-state index contributed by atoms with van der Waals surface area (Å²) in [5.41, 5.74) is 0.796. The molecule has 2 N–H and O–H groups in total. The number of thiazole rings is 1. The van der Waals surface area contributed by atoms with Crippen molar-refractivity contribution in [2.45, 2.75) is 47.2 Å². The van der Waals surface area contributed by atoms with Crippen molar-refractivity contribution >= 4 is 33.2 Å². The molecule has 9 nitrogen and oxygen atoms in total. The molecule has 0 atom stereocenters. The highest BCUT2D eigenvalue weighted by molar-refractivity contribution is 7.18. The Balaban J connectivity index is 1.89. The third kappa shape index (κ3) is 5.17. The Morgan fingerprint density at radius 3 is 2.51 bits per heavy atom. The number of rotatable bonds is 7. The van der Waals surface area contributed by atoms with Crippen molar-refractivity contribution < 1.29 is 9.90 Å². The number of carbonyl (C=O) groups is 1. The molecule has 0 saturated heterocycles. The van der Waals surface area contributed by atoms with E-state index in [1.807, 2.05) is 50.2 Å². The van der Waals surface area contributed by atoms with Crippen LogP contribution in [0.2, 0.25) is 0 Å². The highest BCUT2D eigenvalue weighted by Crippen LogP contribution is 2.26. The largest absolute Gasteiger partial charge is 0.481 e. The number of aryl methyl sites for hydroxylation is 2. The van der Waals surface area contributed by atoms with Gasteiger partial charge in [-0.05, 0) is 51.0 Å². The van der Waals surface area contributed by atoms with E-state index < -0.39 is 22.8 Å². The fourth-order valence-electron chi connectivity index (χ4n) is 3.57. The van der Waals surface area contributed by atoms with Gasteiger partial charge in [-0.25, -0.2) is 24.1 Å². The quantitative estimate of drug-likeness (QED) is 0.409. The van der Waals surface area contributed by atoms with Crippen LogP contribution in [0.3, 0.4) is 0 Å². The molecule has 0 aliphatic carbocycles. The van der Waals surface area contributed by atoms with Crippen molar-refractivity contribution in [1.82, 2.24) is 19.1 Å². The Hall–Kier alpha value is -3.79. The number of nitrogens with zero attached hydrogens (tertiary/aromatic N) is 4. The fraction of sp³-hybridized carbons (Fsp3) is 0.320. The fourth-order valence-corrected chi connectivity index (χ4v) is 4.51. The Bertz CT molecular complexity index is 1590. The van der Waals surface area contributed by atoms with E-state index in [1.165, 1.54) is 18.4 Å². The number of nitrogens with one attached hydrogen (secondary N) is 1. The molecule has 0 bridgehead atoms. The average molecular weight is 494 g/mol. The van der Waals surface area contributed by atoms with E-state index in [4.69, 9.17) is 0 Å². The van der Waals surface area contributed by atoms with Gasteiger partial charge >= 0.3 is 17.3 Å². The second-order valence-electron chi connectivity index (χ2n) is 9.11. The number of hydrogen-bond acceptors (Lipinski definition) is 6. The van der Waals surface area contributed by atoms with Crippen LogP contribution < -0.4 is 17.0 Å². The summed E-state index contributed by atoms with van der Waals surface area (Å²) >= 11 is 1.58. The van der Waals surface area contributed by atoms with Gasteiger partial charge in [0.2, 0.25) is 5.62 Å². The maximum Gasteiger partial charge on any atom is 0.335 e. The Labute approximate surface area is 205 Å². The topological polar surface area (TPSA) is 122 Å². The number of aromatic nitrogens is 4. The molecule has 4 aromatic rings. The Morgan fingerprint density at radius 2 is 1.86 bits per heavy atom. The summed E-state index contributed by atoms with van der Waals surface area (Å²) in [5, 5.41) is 10.5. The van der Waals surface area contributed by atoms with E-state index in [2.05, 4.69) is 15.0 Å². The first-order valence-corrected chi connectivity index (χ1v) is 12.1. The molecule has 2 heterocycles. The molecule has 35 heavy (non-hydrogen) atoms. The molecule has 182 valence electrons. The van der Waals surface area contributed by atoms with Crippen LogP contribution in [-0.2, 0) is 24.3 Å². The third-order valence-corrected chi connectivity index (χ3v) is 6.89. The highest BCUT2D eigenvalue weighted by Gasteiger charge is 2.29. The average Bonchev–Trinajstić information content (AvgIpc) is 3.23. The van der Waals surface area contributed by atoms with Crippen LogP contribution in [0.15, 0.2) is 57.0 Å². The van der Waals surface area contributed by atoms with Gasteiger partial charge in [-0.15, -0.1) is 11.3 Å². The predicted molar refractivity (Wildman–Crippen MR) is 135 cm³/mol. The van der Waals surface area contributed by atoms with Crippen molar-refractivity contribution in [3.63, 3.8) is 0 Å². The first-order valence-electron chi connectivity index (χ1n) is 11.2. The molecule has 10 heteroatoms. The van der Waals surface area contributed by atoms with E-state index in [-0.39, 0.29) is 18.7 Å². The highest BCUT2D eigenvalue weighted by atomic mass is 32.1. The molecular formula is C25H27N5O4S. The molecule has 0 unspecified atom stereocenters. The van der Waals surface area contributed by atoms with Crippen LogP contribution >= 0.6 is 11.3 Å². The number of carboxylic acids is 1. The minimum Gasteiger partial charge on any atom is -0.481 e. The molecule has 0 aliphatic heterocycles. The minimum atomic E-state index is -1.31. The summed E-state index contributed by atoms with van der Waals surface area (Å²) in [7, 11) is 0. The summed E-state index contributed by atoms with van der Waals surface area (Å²) in [4.78, 5) is 49.8. The molecule has 0 radical (unpaired) electrons. The molecular weight excluding hydrogens is 466 g/mol. The lowest BCUT2D eigenvalue weighted by Crippen LogP contribution is -2.52. The summed E-state index contributed by atoms with van der Waals surface area (Å²) < 4.78 is 3.24. The van der Waals surface area contributed by atoms with Crippen LogP contribution in [0, 0.1) is 12.3 Å². The Morgan fingerprint density at radius 1 is 1.14 bits per heavy atom. The van der Waals surface area contributed by atoms with Gasteiger partial charge in [-0.3, -0.25) is 14.3 Å². The van der Waals surface area contributed by atoms with E-state index >= 15 is 0 Å². The summed E-state index contributed by atoms with van der Waals surface area (Å²) in [6, 6.07) is 13.2. The van der Waals surface area contributed by atoms with Gasteiger partial charge in [0, 0.05) is 6.54 Å². The normalized spacial score (nSPS) is 12.4. The predicted octanol–water partition coefficient (Wildman–Crippen LogP) is 3.21. The summed E-state index contributed by atoms with van der Waals surface area (Å²) in [6.45, 7) is 6.83. The molecule has 2 aromatic heterocycles. The second kappa shape index (κ2) is 9.46. The molecule has 0 spiro atoms. The van der Waals surface area contributed by atoms with Gasteiger partial charge in [0.15, 0.2) is 0 Å². The van der Waals surface area contributed by atoms with Gasteiger partial charge in [0.25, 0.3) is 0 Å². The number of aromatic amines is 1. The lowest BCUT2D eigenvalue weighted by molar-refractivity contribution is -0.147. The van der Waals surface area contributed by atoms with Crippen LogP contribution in [0.4, 0.5) is 5.69 Å². The van der Waals surface area contributed by atoms with E-state index in [0.717, 1.165) is 37.3 Å². The van der Waals surface area contributed by atoms with Crippen LogP contribution in [0.25, 0.3) is 10.2 Å². The monoisotopic (exact) mass is 493 g/mol. The number of fused-ring (bicyclic) bond motifs is 1.